The fourth-order valence-electron chi connectivity index (χ4n) is 2.02. The van der Waals surface area contributed by atoms with Gasteiger partial charge >= 0.3 is 0 Å². The van der Waals surface area contributed by atoms with Gasteiger partial charge in [0.1, 0.15) is 0 Å². The van der Waals surface area contributed by atoms with Crippen molar-refractivity contribution in [1.29, 1.82) is 0 Å². The molecule has 1 aliphatic carbocycles. The summed E-state index contributed by atoms with van der Waals surface area (Å²) in [4.78, 5) is 15.3. The first kappa shape index (κ1) is 11.5. The second-order valence-electron chi connectivity index (χ2n) is 4.43. The van der Waals surface area contributed by atoms with Crippen LogP contribution in [0.1, 0.15) is 19.3 Å². The number of carbonyl (C=O) groups excluding carboxylic acids is 1. The first-order chi connectivity index (χ1) is 6.52. The Morgan fingerprint density at radius 3 is 2.21 bits per heavy atom. The van der Waals surface area contributed by atoms with E-state index in [0.717, 1.165) is 6.54 Å². The van der Waals surface area contributed by atoms with Crippen molar-refractivity contribution in [2.45, 2.75) is 24.8 Å². The number of rotatable bonds is 4. The lowest BCUT2D eigenvalue weighted by Gasteiger charge is -2.49. The van der Waals surface area contributed by atoms with E-state index in [2.05, 4.69) is 19.0 Å². The summed E-state index contributed by atoms with van der Waals surface area (Å²) >= 11 is 0. The molecule has 0 aromatic rings. The summed E-state index contributed by atoms with van der Waals surface area (Å²) in [7, 11) is 6.00. The van der Waals surface area contributed by atoms with Gasteiger partial charge in [0.15, 0.2) is 0 Å². The molecule has 1 amide bonds. The Hall–Kier alpha value is -0.610. The van der Waals surface area contributed by atoms with E-state index < -0.39 is 0 Å². The van der Waals surface area contributed by atoms with E-state index >= 15 is 0 Å². The third kappa shape index (κ3) is 2.07. The average molecular weight is 199 g/mol. The monoisotopic (exact) mass is 199 g/mol. The first-order valence-electron chi connectivity index (χ1n) is 5.13. The highest BCUT2D eigenvalue weighted by atomic mass is 16.2. The van der Waals surface area contributed by atoms with Crippen molar-refractivity contribution in [2.24, 2.45) is 5.73 Å². The van der Waals surface area contributed by atoms with Crippen molar-refractivity contribution in [3.63, 3.8) is 0 Å². The molecule has 4 heteroatoms. The molecule has 1 fully saturated rings. The third-order valence-corrected chi connectivity index (χ3v) is 3.36. The summed E-state index contributed by atoms with van der Waals surface area (Å²) in [6.07, 6.45) is 3.63. The quantitative estimate of drug-likeness (QED) is 0.687. The minimum absolute atomic E-state index is 0.0260. The van der Waals surface area contributed by atoms with Crippen LogP contribution >= 0.6 is 0 Å². The molecule has 0 aliphatic heterocycles. The molecule has 1 saturated carbocycles. The number of hydrogen-bond donors (Lipinski definition) is 1. The van der Waals surface area contributed by atoms with E-state index in [1.807, 2.05) is 7.05 Å². The van der Waals surface area contributed by atoms with Gasteiger partial charge in [-0.05, 0) is 33.4 Å². The van der Waals surface area contributed by atoms with Gasteiger partial charge in [-0.15, -0.1) is 0 Å². The number of nitrogens with zero attached hydrogens (tertiary/aromatic N) is 2. The van der Waals surface area contributed by atoms with Gasteiger partial charge in [0, 0.05) is 19.1 Å². The van der Waals surface area contributed by atoms with Gasteiger partial charge in [-0.25, -0.2) is 0 Å². The molecule has 2 N–H and O–H groups in total. The van der Waals surface area contributed by atoms with Crippen LogP contribution < -0.4 is 5.73 Å². The van der Waals surface area contributed by atoms with E-state index in [9.17, 15) is 4.79 Å². The average Bonchev–Trinajstić information content (AvgIpc) is 2.08. The Morgan fingerprint density at radius 2 is 1.93 bits per heavy atom. The summed E-state index contributed by atoms with van der Waals surface area (Å²) in [6.45, 7) is 0.913. The predicted molar refractivity (Wildman–Crippen MR) is 57.0 cm³/mol. The first-order valence-corrected chi connectivity index (χ1v) is 5.13. The fraction of sp³-hybridized carbons (Fsp3) is 0.900. The summed E-state index contributed by atoms with van der Waals surface area (Å²) in [6, 6.07) is 0. The highest BCUT2D eigenvalue weighted by molar-refractivity contribution is 5.77. The van der Waals surface area contributed by atoms with Crippen molar-refractivity contribution in [3.05, 3.63) is 0 Å². The Labute approximate surface area is 86.0 Å². The zero-order chi connectivity index (χ0) is 10.8. The van der Waals surface area contributed by atoms with E-state index in [-0.39, 0.29) is 18.0 Å². The third-order valence-electron chi connectivity index (χ3n) is 3.36. The molecule has 0 radical (unpaired) electrons. The van der Waals surface area contributed by atoms with Gasteiger partial charge in [0.25, 0.3) is 0 Å². The molecule has 0 aromatic heterocycles. The highest BCUT2D eigenvalue weighted by Crippen LogP contribution is 2.36. The number of carbonyl (C=O) groups is 1. The van der Waals surface area contributed by atoms with Crippen molar-refractivity contribution >= 4 is 5.91 Å². The molecule has 4 nitrogen and oxygen atoms in total. The topological polar surface area (TPSA) is 49.6 Å². The van der Waals surface area contributed by atoms with Crippen LogP contribution in [0, 0.1) is 0 Å². The molecule has 0 spiro atoms. The summed E-state index contributed by atoms with van der Waals surface area (Å²) < 4.78 is 0. The lowest BCUT2D eigenvalue weighted by molar-refractivity contribution is -0.131. The van der Waals surface area contributed by atoms with Crippen LogP contribution in [-0.2, 0) is 4.79 Å². The molecule has 0 aromatic carbocycles. The minimum Gasteiger partial charge on any atom is -0.343 e. The highest BCUT2D eigenvalue weighted by Gasteiger charge is 2.40. The maximum absolute atomic E-state index is 11.3. The summed E-state index contributed by atoms with van der Waals surface area (Å²) in [5.41, 5.74) is 5.53. The molecule has 0 heterocycles. The van der Waals surface area contributed by atoms with E-state index in [0.29, 0.717) is 0 Å². The second-order valence-corrected chi connectivity index (χ2v) is 4.43. The molecular formula is C10H21N3O. The van der Waals surface area contributed by atoms with Crippen LogP contribution in [0.4, 0.5) is 0 Å². The second kappa shape index (κ2) is 4.28. The smallest absolute Gasteiger partial charge is 0.236 e. The molecule has 0 atom stereocenters. The lowest BCUT2D eigenvalue weighted by Crippen LogP contribution is -2.57. The van der Waals surface area contributed by atoms with Gasteiger partial charge in [0.2, 0.25) is 5.91 Å². The minimum atomic E-state index is 0.0260. The Morgan fingerprint density at radius 1 is 1.36 bits per heavy atom. The van der Waals surface area contributed by atoms with E-state index in [1.165, 1.54) is 19.3 Å². The van der Waals surface area contributed by atoms with Crippen molar-refractivity contribution in [2.75, 3.05) is 34.2 Å². The van der Waals surface area contributed by atoms with Crippen molar-refractivity contribution in [3.8, 4) is 0 Å². The zero-order valence-corrected chi connectivity index (χ0v) is 9.42. The maximum atomic E-state index is 11.3. The van der Waals surface area contributed by atoms with Gasteiger partial charge in [-0.1, -0.05) is 0 Å². The van der Waals surface area contributed by atoms with Crippen molar-refractivity contribution < 1.29 is 4.79 Å². The summed E-state index contributed by atoms with van der Waals surface area (Å²) in [5.74, 6) is 0.0260. The lowest BCUT2D eigenvalue weighted by atomic mass is 9.75. The van der Waals surface area contributed by atoms with Gasteiger partial charge in [0.05, 0.1) is 6.54 Å². The molecule has 1 aliphatic rings. The largest absolute Gasteiger partial charge is 0.343 e. The van der Waals surface area contributed by atoms with Gasteiger partial charge < -0.3 is 15.5 Å². The SMILES string of the molecule is CN(CC1(N(C)C)CCC1)C(=O)CN. The number of hydrogen-bond acceptors (Lipinski definition) is 3. The zero-order valence-electron chi connectivity index (χ0n) is 9.42. The molecule has 1 rings (SSSR count). The fourth-order valence-corrected chi connectivity index (χ4v) is 2.02. The van der Waals surface area contributed by atoms with Crippen LogP contribution in [-0.4, -0.2) is 55.5 Å². The maximum Gasteiger partial charge on any atom is 0.236 e. The van der Waals surface area contributed by atoms with Crippen LogP contribution in [0.2, 0.25) is 0 Å². The van der Waals surface area contributed by atoms with Crippen LogP contribution in [0.25, 0.3) is 0 Å². The van der Waals surface area contributed by atoms with Crippen molar-refractivity contribution in [1.82, 2.24) is 9.80 Å². The van der Waals surface area contributed by atoms with E-state index in [4.69, 9.17) is 5.73 Å². The standard InChI is InChI=1S/C10H21N3O/c1-12(2)10(5-4-6-10)8-13(3)9(14)7-11/h4-8,11H2,1-3H3. The van der Waals surface area contributed by atoms with E-state index in [1.54, 1.807) is 4.90 Å². The Kier molecular flexibility index (Phi) is 3.50. The van der Waals surface area contributed by atoms with Gasteiger partial charge in [-0.2, -0.15) is 0 Å². The predicted octanol–water partition coefficient (Wildman–Crippen LogP) is -0.112. The number of nitrogens with two attached hydrogens (primary N) is 1. The summed E-state index contributed by atoms with van der Waals surface area (Å²) in [5, 5.41) is 0. The van der Waals surface area contributed by atoms with Crippen LogP contribution in [0.5, 0.6) is 0 Å². The normalized spacial score (nSPS) is 19.2. The van der Waals surface area contributed by atoms with Crippen LogP contribution in [0.3, 0.4) is 0 Å². The number of amides is 1. The van der Waals surface area contributed by atoms with Gasteiger partial charge in [-0.3, -0.25) is 4.79 Å². The molecule has 0 saturated heterocycles. The molecule has 0 unspecified atom stereocenters. The van der Waals surface area contributed by atoms with Crippen LogP contribution in [0.15, 0.2) is 0 Å². The molecule has 82 valence electrons. The Bertz CT molecular complexity index is 211. The number of likely N-dealkylation sites (N-methyl/N-ethyl adjacent to an activating group) is 2. The molecule has 14 heavy (non-hydrogen) atoms. The Balaban J connectivity index is 2.52. The molecular weight excluding hydrogens is 178 g/mol. The molecule has 0 bridgehead atoms.